The van der Waals surface area contributed by atoms with Gasteiger partial charge in [-0.1, -0.05) is 23.7 Å². The van der Waals surface area contributed by atoms with E-state index in [-0.39, 0.29) is 0 Å². The van der Waals surface area contributed by atoms with Gasteiger partial charge in [0.1, 0.15) is 5.69 Å². The third kappa shape index (κ3) is 1.64. The van der Waals surface area contributed by atoms with Crippen LogP contribution in [0, 0.1) is 5.21 Å². The molecule has 0 unspecified atom stereocenters. The summed E-state index contributed by atoms with van der Waals surface area (Å²) in [6.07, 6.45) is 0.906. The lowest BCUT2D eigenvalue weighted by atomic mass is 10.0. The highest BCUT2D eigenvalue weighted by molar-refractivity contribution is 6.33. The summed E-state index contributed by atoms with van der Waals surface area (Å²) in [5.41, 5.74) is 2.44. The number of benzene rings is 1. The van der Waals surface area contributed by atoms with E-state index in [9.17, 15) is 10.4 Å². The van der Waals surface area contributed by atoms with Crippen molar-refractivity contribution in [2.45, 2.75) is 12.8 Å². The number of imidazole rings is 1. The van der Waals surface area contributed by atoms with Gasteiger partial charge in [-0.05, 0) is 17.0 Å². The van der Waals surface area contributed by atoms with Gasteiger partial charge in [0.15, 0.2) is 5.82 Å². The number of hydrogen-bond donors (Lipinski definition) is 1. The van der Waals surface area contributed by atoms with E-state index in [1.54, 1.807) is 18.2 Å². The summed E-state index contributed by atoms with van der Waals surface area (Å²) in [5.74, 6) is 0.318. The number of fused-ring (bicyclic) bond motifs is 3. The van der Waals surface area contributed by atoms with Crippen LogP contribution < -0.4 is 4.90 Å². The van der Waals surface area contributed by atoms with Gasteiger partial charge in [0, 0.05) is 23.6 Å². The molecule has 0 saturated heterocycles. The second kappa shape index (κ2) is 4.23. The van der Waals surface area contributed by atoms with Crippen molar-refractivity contribution in [2.24, 2.45) is 0 Å². The van der Waals surface area contributed by atoms with E-state index >= 15 is 0 Å². The SMILES string of the molecule is [O-][n+]1onc2c1CCc1c-2nc(-c2ccccc2Cl)n1O. The molecule has 1 aromatic carbocycles. The minimum Gasteiger partial charge on any atom is -0.427 e. The van der Waals surface area contributed by atoms with E-state index < -0.39 is 0 Å². The first kappa shape index (κ1) is 12.2. The summed E-state index contributed by atoms with van der Waals surface area (Å²) in [6.45, 7) is 0. The van der Waals surface area contributed by atoms with Gasteiger partial charge in [0.2, 0.25) is 5.69 Å². The summed E-state index contributed by atoms with van der Waals surface area (Å²) in [4.78, 5) is 4.77. The predicted molar refractivity (Wildman–Crippen MR) is 71.7 cm³/mol. The molecule has 21 heavy (non-hydrogen) atoms. The normalized spacial score (nSPS) is 13.0. The Kier molecular flexibility index (Phi) is 2.46. The molecule has 106 valence electrons. The summed E-state index contributed by atoms with van der Waals surface area (Å²) in [5, 5.41) is 26.0. The molecule has 1 aliphatic carbocycles. The largest absolute Gasteiger partial charge is 0.427 e. The van der Waals surface area contributed by atoms with Crippen LogP contribution in [0.5, 0.6) is 0 Å². The van der Waals surface area contributed by atoms with Crippen molar-refractivity contribution in [3.63, 3.8) is 0 Å². The Morgan fingerprint density at radius 1 is 1.29 bits per heavy atom. The molecule has 0 spiro atoms. The maximum atomic E-state index is 11.5. The molecular weight excluding hydrogens is 296 g/mol. The van der Waals surface area contributed by atoms with Crippen LogP contribution in [-0.4, -0.2) is 20.1 Å². The smallest absolute Gasteiger partial charge is 0.271 e. The molecule has 0 radical (unpaired) electrons. The van der Waals surface area contributed by atoms with E-state index in [0.717, 1.165) is 4.73 Å². The van der Waals surface area contributed by atoms with Gasteiger partial charge < -0.3 is 10.4 Å². The lowest BCUT2D eigenvalue weighted by Gasteiger charge is -2.07. The lowest BCUT2D eigenvalue weighted by molar-refractivity contribution is -0.807. The Morgan fingerprint density at radius 3 is 2.90 bits per heavy atom. The van der Waals surface area contributed by atoms with Crippen LogP contribution in [-0.2, 0) is 12.8 Å². The minimum absolute atomic E-state index is 0.318. The molecule has 0 saturated carbocycles. The number of hydrogen-bond acceptors (Lipinski definition) is 5. The van der Waals surface area contributed by atoms with Crippen molar-refractivity contribution in [2.75, 3.05) is 0 Å². The first-order valence-electron chi connectivity index (χ1n) is 6.31. The monoisotopic (exact) mass is 304 g/mol. The lowest BCUT2D eigenvalue weighted by Crippen LogP contribution is -2.29. The molecule has 8 heteroatoms. The third-order valence-corrected chi connectivity index (χ3v) is 3.91. The highest BCUT2D eigenvalue weighted by atomic mass is 35.5. The molecule has 3 aromatic rings. The van der Waals surface area contributed by atoms with Gasteiger partial charge in [0.25, 0.3) is 5.69 Å². The average molecular weight is 305 g/mol. The van der Waals surface area contributed by atoms with E-state index in [4.69, 9.17) is 11.6 Å². The van der Waals surface area contributed by atoms with Gasteiger partial charge in [0.05, 0.1) is 10.7 Å². The number of nitrogens with zero attached hydrogens (tertiary/aromatic N) is 4. The zero-order valence-electron chi connectivity index (χ0n) is 10.7. The Hall–Kier alpha value is -2.54. The summed E-state index contributed by atoms with van der Waals surface area (Å²) < 4.78 is 5.61. The van der Waals surface area contributed by atoms with Gasteiger partial charge in [-0.25, -0.2) is 4.98 Å². The first-order chi connectivity index (χ1) is 10.2. The maximum Gasteiger partial charge on any atom is 0.271 e. The van der Waals surface area contributed by atoms with Gasteiger partial charge in [-0.15, -0.1) is 0 Å². The van der Waals surface area contributed by atoms with Crippen LogP contribution in [0.15, 0.2) is 28.9 Å². The molecule has 4 rings (SSSR count). The van der Waals surface area contributed by atoms with Crippen molar-refractivity contribution in [3.8, 4) is 22.8 Å². The molecule has 2 heterocycles. The van der Waals surface area contributed by atoms with E-state index in [2.05, 4.69) is 14.8 Å². The van der Waals surface area contributed by atoms with Crippen molar-refractivity contribution < 1.29 is 14.7 Å². The standard InChI is InChI=1S/C13H9ClN4O3/c14-8-4-2-1-3-7(8)13-15-11-9(17(13)19)5-6-10-12(11)16-21-18(10)20/h1-4,19H,5-6H2. The Bertz CT molecular complexity index is 855. The Balaban J connectivity index is 1.95. The summed E-state index contributed by atoms with van der Waals surface area (Å²) in [7, 11) is 0. The van der Waals surface area contributed by atoms with Crippen LogP contribution in [0.3, 0.4) is 0 Å². The van der Waals surface area contributed by atoms with Gasteiger partial charge in [-0.3, -0.25) is 4.63 Å². The fraction of sp³-hybridized carbons (Fsp3) is 0.154. The molecule has 0 amide bonds. The topological polar surface area (TPSA) is 91.0 Å². The molecule has 0 atom stereocenters. The highest BCUT2D eigenvalue weighted by Gasteiger charge is 2.34. The fourth-order valence-electron chi connectivity index (χ4n) is 2.57. The third-order valence-electron chi connectivity index (χ3n) is 3.59. The Morgan fingerprint density at radius 2 is 2.10 bits per heavy atom. The zero-order valence-corrected chi connectivity index (χ0v) is 11.4. The van der Waals surface area contributed by atoms with Crippen LogP contribution >= 0.6 is 11.6 Å². The average Bonchev–Trinajstić information content (AvgIpc) is 3.01. The van der Waals surface area contributed by atoms with Crippen LogP contribution in [0.1, 0.15) is 11.4 Å². The zero-order chi connectivity index (χ0) is 14.6. The number of rotatable bonds is 1. The number of aromatic nitrogens is 4. The highest BCUT2D eigenvalue weighted by Crippen LogP contribution is 2.35. The molecule has 0 fully saturated rings. The summed E-state index contributed by atoms with van der Waals surface area (Å²) in [6, 6.07) is 7.09. The van der Waals surface area contributed by atoms with Crippen LogP contribution in [0.2, 0.25) is 5.02 Å². The Labute approximate surface area is 123 Å². The first-order valence-corrected chi connectivity index (χ1v) is 6.69. The number of halogens is 1. The molecular formula is C13H9ClN4O3. The second-order valence-electron chi connectivity index (χ2n) is 4.75. The van der Waals surface area contributed by atoms with E-state index in [1.165, 1.54) is 0 Å². The second-order valence-corrected chi connectivity index (χ2v) is 5.15. The van der Waals surface area contributed by atoms with Crippen molar-refractivity contribution in [1.82, 2.24) is 14.9 Å². The maximum absolute atomic E-state index is 11.5. The van der Waals surface area contributed by atoms with Crippen molar-refractivity contribution in [1.29, 1.82) is 0 Å². The van der Waals surface area contributed by atoms with Gasteiger partial charge >= 0.3 is 0 Å². The minimum atomic E-state index is 0.318. The van der Waals surface area contributed by atoms with Crippen LogP contribution in [0.25, 0.3) is 22.8 Å². The van der Waals surface area contributed by atoms with Crippen molar-refractivity contribution in [3.05, 3.63) is 45.9 Å². The predicted octanol–water partition coefficient (Wildman–Crippen LogP) is 1.83. The molecule has 1 aliphatic rings. The molecule has 0 aliphatic heterocycles. The van der Waals surface area contributed by atoms with E-state index in [0.29, 0.717) is 56.9 Å². The van der Waals surface area contributed by atoms with E-state index in [1.807, 2.05) is 6.07 Å². The van der Waals surface area contributed by atoms with Crippen molar-refractivity contribution >= 4 is 11.6 Å². The molecule has 0 bridgehead atoms. The van der Waals surface area contributed by atoms with Gasteiger partial charge in [-0.2, -0.15) is 4.73 Å². The molecule has 1 N–H and O–H groups in total. The summed E-state index contributed by atoms with van der Waals surface area (Å²) >= 11 is 6.15. The fourth-order valence-corrected chi connectivity index (χ4v) is 2.79. The molecule has 2 aromatic heterocycles. The van der Waals surface area contributed by atoms with Crippen LogP contribution in [0.4, 0.5) is 0 Å². The molecule has 7 nitrogen and oxygen atoms in total. The quantitative estimate of drug-likeness (QED) is 0.547.